The lowest BCUT2D eigenvalue weighted by molar-refractivity contribution is -0.140. The van der Waals surface area contributed by atoms with E-state index in [-0.39, 0.29) is 23.8 Å². The van der Waals surface area contributed by atoms with Gasteiger partial charge in [0.15, 0.2) is 0 Å². The lowest BCUT2D eigenvalue weighted by atomic mass is 10.0. The Bertz CT molecular complexity index is 658. The predicted molar refractivity (Wildman–Crippen MR) is 88.9 cm³/mol. The van der Waals surface area contributed by atoms with Gasteiger partial charge < -0.3 is 9.80 Å². The Kier molecular flexibility index (Phi) is 4.12. The first kappa shape index (κ1) is 15.4. The van der Waals surface area contributed by atoms with E-state index >= 15 is 0 Å². The summed E-state index contributed by atoms with van der Waals surface area (Å²) in [5.74, 6) is 0.523. The number of allylic oxidation sites excluding steroid dienone is 2. The van der Waals surface area contributed by atoms with Crippen LogP contribution in [-0.2, 0) is 22.7 Å². The van der Waals surface area contributed by atoms with Crippen molar-refractivity contribution in [2.24, 2.45) is 5.92 Å². The number of aromatic nitrogens is 2. The molecule has 3 aliphatic rings. The highest BCUT2D eigenvalue weighted by Gasteiger charge is 2.34. The Morgan fingerprint density at radius 2 is 2.08 bits per heavy atom. The maximum absolute atomic E-state index is 13.1. The Labute approximate surface area is 142 Å². The molecule has 6 heteroatoms. The Balaban J connectivity index is 1.55. The molecule has 0 saturated carbocycles. The number of amides is 2. The second-order valence-corrected chi connectivity index (χ2v) is 7.04. The fourth-order valence-electron chi connectivity index (χ4n) is 4.08. The van der Waals surface area contributed by atoms with Gasteiger partial charge in [0.1, 0.15) is 0 Å². The zero-order valence-electron chi connectivity index (χ0n) is 13.9. The van der Waals surface area contributed by atoms with E-state index in [0.29, 0.717) is 19.5 Å². The van der Waals surface area contributed by atoms with Crippen LogP contribution in [0.25, 0.3) is 0 Å². The molecule has 6 nitrogen and oxygen atoms in total. The molecule has 0 bridgehead atoms. The highest BCUT2D eigenvalue weighted by molar-refractivity contribution is 5.80. The number of fused-ring (bicyclic) bond motifs is 1. The summed E-state index contributed by atoms with van der Waals surface area (Å²) in [7, 11) is 0. The monoisotopic (exact) mass is 328 g/mol. The Morgan fingerprint density at radius 3 is 2.83 bits per heavy atom. The number of rotatable bonds is 3. The second kappa shape index (κ2) is 6.42. The fourth-order valence-corrected chi connectivity index (χ4v) is 4.08. The first-order chi connectivity index (χ1) is 11.7. The van der Waals surface area contributed by atoms with Crippen LogP contribution in [0.3, 0.4) is 0 Å². The van der Waals surface area contributed by atoms with Gasteiger partial charge >= 0.3 is 0 Å². The van der Waals surface area contributed by atoms with E-state index in [1.54, 1.807) is 6.20 Å². The number of carbonyl (C=O) groups excluding carboxylic acids is 2. The van der Waals surface area contributed by atoms with Gasteiger partial charge in [-0.25, -0.2) is 0 Å². The first-order valence-electron chi connectivity index (χ1n) is 8.96. The van der Waals surface area contributed by atoms with E-state index in [4.69, 9.17) is 0 Å². The third kappa shape index (κ3) is 2.85. The summed E-state index contributed by atoms with van der Waals surface area (Å²) in [6.45, 7) is 2.90. The lowest BCUT2D eigenvalue weighted by Gasteiger charge is -2.34. The molecule has 0 radical (unpaired) electrons. The topological polar surface area (TPSA) is 58.4 Å². The normalized spacial score (nSPS) is 24.5. The molecule has 0 N–H and O–H groups in total. The van der Waals surface area contributed by atoms with Crippen molar-refractivity contribution in [1.82, 2.24) is 19.6 Å². The minimum absolute atomic E-state index is 0.0660. The van der Waals surface area contributed by atoms with Crippen LogP contribution in [0.5, 0.6) is 0 Å². The van der Waals surface area contributed by atoms with E-state index in [1.165, 1.54) is 0 Å². The van der Waals surface area contributed by atoms with Crippen LogP contribution >= 0.6 is 0 Å². The average Bonchev–Trinajstić information content (AvgIpc) is 3.30. The van der Waals surface area contributed by atoms with Gasteiger partial charge in [0.05, 0.1) is 18.3 Å². The third-order valence-corrected chi connectivity index (χ3v) is 5.49. The summed E-state index contributed by atoms with van der Waals surface area (Å²) in [6.07, 6.45) is 10.1. The van der Waals surface area contributed by atoms with E-state index in [0.717, 1.165) is 44.5 Å². The van der Waals surface area contributed by atoms with Gasteiger partial charge in [-0.15, -0.1) is 0 Å². The summed E-state index contributed by atoms with van der Waals surface area (Å²) in [5, 5.41) is 4.38. The molecular weight excluding hydrogens is 304 g/mol. The number of aryl methyl sites for hydroxylation is 1. The van der Waals surface area contributed by atoms with Gasteiger partial charge in [-0.05, 0) is 31.7 Å². The zero-order chi connectivity index (χ0) is 16.5. The number of carbonyl (C=O) groups is 2. The molecular formula is C18H24N4O2. The van der Waals surface area contributed by atoms with Crippen LogP contribution in [0.4, 0.5) is 0 Å². The molecule has 2 aliphatic heterocycles. The molecule has 0 aromatic carbocycles. The van der Waals surface area contributed by atoms with E-state index in [1.807, 2.05) is 20.5 Å². The van der Waals surface area contributed by atoms with Crippen molar-refractivity contribution < 1.29 is 9.59 Å². The van der Waals surface area contributed by atoms with Crippen LogP contribution in [-0.4, -0.2) is 50.5 Å². The van der Waals surface area contributed by atoms with Crippen molar-refractivity contribution in [2.75, 3.05) is 13.1 Å². The Morgan fingerprint density at radius 1 is 1.25 bits per heavy atom. The van der Waals surface area contributed by atoms with E-state index in [2.05, 4.69) is 17.3 Å². The molecule has 2 amide bonds. The molecule has 0 unspecified atom stereocenters. The molecule has 1 aromatic heterocycles. The molecule has 1 fully saturated rings. The smallest absolute Gasteiger partial charge is 0.226 e. The summed E-state index contributed by atoms with van der Waals surface area (Å²) < 4.78 is 2.00. The van der Waals surface area contributed by atoms with Gasteiger partial charge in [0.2, 0.25) is 11.8 Å². The van der Waals surface area contributed by atoms with Crippen LogP contribution in [0.15, 0.2) is 24.4 Å². The maximum atomic E-state index is 13.1. The standard InChI is InChI=1S/C18H24N4O2/c23-17-6-3-10-20(17)12-15-8-11-22-16(7-9-19-22)13-21(15)18(24)14-4-1-2-5-14/h1-2,7,9,14-15H,3-6,8,10-13H2/t15-/m0/s1. The predicted octanol–water partition coefficient (Wildman–Crippen LogP) is 1.57. The van der Waals surface area contributed by atoms with Gasteiger partial charge in [-0.1, -0.05) is 12.2 Å². The molecule has 0 spiro atoms. The molecule has 3 heterocycles. The quantitative estimate of drug-likeness (QED) is 0.792. The van der Waals surface area contributed by atoms with Gasteiger partial charge in [-0.2, -0.15) is 5.10 Å². The van der Waals surface area contributed by atoms with Gasteiger partial charge in [0.25, 0.3) is 0 Å². The van der Waals surface area contributed by atoms with Crippen molar-refractivity contribution in [1.29, 1.82) is 0 Å². The highest BCUT2D eigenvalue weighted by Crippen LogP contribution is 2.26. The van der Waals surface area contributed by atoms with Crippen molar-refractivity contribution >= 4 is 11.8 Å². The summed E-state index contributed by atoms with van der Waals surface area (Å²) >= 11 is 0. The SMILES string of the molecule is O=C1CCCN1C[C@@H]1CCn2nccc2CN1C(=O)C1CC=CC1. The van der Waals surface area contributed by atoms with Crippen molar-refractivity contribution in [3.8, 4) is 0 Å². The van der Waals surface area contributed by atoms with Crippen molar-refractivity contribution in [3.63, 3.8) is 0 Å². The van der Waals surface area contributed by atoms with Crippen LogP contribution in [0.2, 0.25) is 0 Å². The average molecular weight is 328 g/mol. The molecule has 1 saturated heterocycles. The summed E-state index contributed by atoms with van der Waals surface area (Å²) in [6, 6.07) is 2.08. The van der Waals surface area contributed by atoms with Crippen molar-refractivity contribution in [3.05, 3.63) is 30.1 Å². The minimum Gasteiger partial charge on any atom is -0.341 e. The maximum Gasteiger partial charge on any atom is 0.226 e. The van der Waals surface area contributed by atoms with E-state index < -0.39 is 0 Å². The Hall–Kier alpha value is -2.11. The van der Waals surface area contributed by atoms with Gasteiger partial charge in [0, 0.05) is 38.2 Å². The van der Waals surface area contributed by atoms with Crippen LogP contribution < -0.4 is 0 Å². The summed E-state index contributed by atoms with van der Waals surface area (Å²) in [4.78, 5) is 29.1. The number of hydrogen-bond acceptors (Lipinski definition) is 3. The van der Waals surface area contributed by atoms with Crippen LogP contribution in [0, 0.1) is 5.92 Å². The number of nitrogens with zero attached hydrogens (tertiary/aromatic N) is 4. The molecule has 1 aromatic rings. The molecule has 4 rings (SSSR count). The number of likely N-dealkylation sites (tertiary alicyclic amines) is 1. The molecule has 24 heavy (non-hydrogen) atoms. The third-order valence-electron chi connectivity index (χ3n) is 5.49. The fraction of sp³-hybridized carbons (Fsp3) is 0.611. The van der Waals surface area contributed by atoms with Crippen molar-refractivity contribution in [2.45, 2.75) is 51.2 Å². The summed E-state index contributed by atoms with van der Waals surface area (Å²) in [5.41, 5.74) is 1.09. The highest BCUT2D eigenvalue weighted by atomic mass is 16.2. The molecule has 128 valence electrons. The van der Waals surface area contributed by atoms with E-state index in [9.17, 15) is 9.59 Å². The van der Waals surface area contributed by atoms with Crippen LogP contribution in [0.1, 0.15) is 37.8 Å². The lowest BCUT2D eigenvalue weighted by Crippen LogP contribution is -2.48. The largest absolute Gasteiger partial charge is 0.341 e. The first-order valence-corrected chi connectivity index (χ1v) is 8.96. The molecule has 1 aliphatic carbocycles. The second-order valence-electron chi connectivity index (χ2n) is 7.04. The van der Waals surface area contributed by atoms with Gasteiger partial charge in [-0.3, -0.25) is 14.3 Å². The molecule has 1 atom stereocenters. The minimum atomic E-state index is 0.0660. The number of hydrogen-bond donors (Lipinski definition) is 0. The zero-order valence-corrected chi connectivity index (χ0v) is 13.9.